The second-order valence-corrected chi connectivity index (χ2v) is 7.39. The predicted octanol–water partition coefficient (Wildman–Crippen LogP) is 4.50. The zero-order valence-electron chi connectivity index (χ0n) is 18.1. The molecule has 0 unspecified atom stereocenters. The predicted molar refractivity (Wildman–Crippen MR) is 122 cm³/mol. The lowest BCUT2D eigenvalue weighted by Crippen LogP contribution is -2.30. The zero-order chi connectivity index (χ0) is 22.7. The molecule has 4 rings (SSSR count). The summed E-state index contributed by atoms with van der Waals surface area (Å²) in [7, 11) is 5.14. The lowest BCUT2D eigenvalue weighted by atomic mass is 10.0. The van der Waals surface area contributed by atoms with Crippen molar-refractivity contribution < 1.29 is 13.9 Å². The number of benzene rings is 2. The maximum Gasteiger partial charge on any atom is 0.232 e. The molecule has 0 atom stereocenters. The number of carbonyl (C=O) groups is 1. The highest BCUT2D eigenvalue weighted by atomic mass is 19.1. The SMILES string of the molecule is COc1ccc(CC(=O)N(C)c2c(-c3ccncc3)c(-c3ccc(F)cc3)nn2C)cc1. The molecule has 2 heterocycles. The number of likely N-dealkylation sites (N-methyl/N-ethyl adjacent to an activating group) is 1. The number of aromatic nitrogens is 3. The summed E-state index contributed by atoms with van der Waals surface area (Å²) in [6.07, 6.45) is 3.62. The first kappa shape index (κ1) is 21.2. The van der Waals surface area contributed by atoms with Gasteiger partial charge in [-0.3, -0.25) is 19.4 Å². The van der Waals surface area contributed by atoms with E-state index in [0.717, 1.165) is 28.0 Å². The fraction of sp³-hybridized carbons (Fsp3) is 0.160. The second kappa shape index (κ2) is 9.01. The van der Waals surface area contributed by atoms with E-state index in [1.54, 1.807) is 55.3 Å². The molecule has 0 radical (unpaired) electrons. The quantitative estimate of drug-likeness (QED) is 0.452. The van der Waals surface area contributed by atoms with Crippen molar-refractivity contribution in [2.24, 2.45) is 7.05 Å². The standard InChI is InChI=1S/C25H23FN4O2/c1-29(22(31)16-17-4-10-21(32-3)11-5-17)25-23(18-12-14-27-15-13-18)24(28-30(25)2)19-6-8-20(26)9-7-19/h4-15H,16H2,1-3H3. The molecule has 0 saturated heterocycles. The van der Waals surface area contributed by atoms with Gasteiger partial charge >= 0.3 is 0 Å². The van der Waals surface area contributed by atoms with Crippen LogP contribution in [0.4, 0.5) is 10.2 Å². The van der Waals surface area contributed by atoms with Crippen LogP contribution < -0.4 is 9.64 Å². The molecular formula is C25H23FN4O2. The molecule has 0 spiro atoms. The van der Waals surface area contributed by atoms with Crippen molar-refractivity contribution in [1.82, 2.24) is 14.8 Å². The van der Waals surface area contributed by atoms with Gasteiger partial charge in [-0.25, -0.2) is 4.39 Å². The van der Waals surface area contributed by atoms with Gasteiger partial charge in [0.05, 0.1) is 19.1 Å². The molecule has 0 saturated carbocycles. The maximum absolute atomic E-state index is 13.5. The number of carbonyl (C=O) groups excluding carboxylic acids is 1. The van der Waals surface area contributed by atoms with Crippen LogP contribution >= 0.6 is 0 Å². The summed E-state index contributed by atoms with van der Waals surface area (Å²) in [6, 6.07) is 17.3. The van der Waals surface area contributed by atoms with E-state index < -0.39 is 0 Å². The Morgan fingerprint density at radius 1 is 1.00 bits per heavy atom. The molecule has 2 aromatic heterocycles. The number of amides is 1. The topological polar surface area (TPSA) is 60.2 Å². The molecule has 0 aliphatic heterocycles. The summed E-state index contributed by atoms with van der Waals surface area (Å²) >= 11 is 0. The van der Waals surface area contributed by atoms with Crippen LogP contribution in [0.15, 0.2) is 73.1 Å². The molecule has 6 nitrogen and oxygen atoms in total. The molecule has 162 valence electrons. The molecule has 0 bridgehead atoms. The number of hydrogen-bond donors (Lipinski definition) is 0. The number of halogens is 1. The van der Waals surface area contributed by atoms with Gasteiger partial charge in [0, 0.05) is 32.1 Å². The van der Waals surface area contributed by atoms with Crippen LogP contribution in [0.2, 0.25) is 0 Å². The maximum atomic E-state index is 13.5. The zero-order valence-corrected chi connectivity index (χ0v) is 18.1. The number of aryl methyl sites for hydroxylation is 1. The number of ether oxygens (including phenoxy) is 1. The normalized spacial score (nSPS) is 10.8. The van der Waals surface area contributed by atoms with Crippen molar-refractivity contribution in [3.8, 4) is 28.1 Å². The number of pyridine rings is 1. The number of nitrogens with zero attached hydrogens (tertiary/aromatic N) is 4. The Bertz CT molecular complexity index is 1220. The average Bonchev–Trinajstić information content (AvgIpc) is 3.17. The summed E-state index contributed by atoms with van der Waals surface area (Å²) in [5.41, 5.74) is 3.96. The first-order valence-corrected chi connectivity index (χ1v) is 10.1. The number of rotatable bonds is 6. The van der Waals surface area contributed by atoms with E-state index in [-0.39, 0.29) is 18.1 Å². The van der Waals surface area contributed by atoms with E-state index in [2.05, 4.69) is 10.1 Å². The first-order valence-electron chi connectivity index (χ1n) is 10.1. The Labute approximate surface area is 185 Å². The van der Waals surface area contributed by atoms with E-state index >= 15 is 0 Å². The van der Waals surface area contributed by atoms with Gasteiger partial charge in [-0.05, 0) is 59.7 Å². The highest BCUT2D eigenvalue weighted by molar-refractivity contribution is 6.00. The van der Waals surface area contributed by atoms with Crippen molar-refractivity contribution in [3.05, 3.63) is 84.4 Å². The van der Waals surface area contributed by atoms with Gasteiger partial charge in [0.25, 0.3) is 0 Å². The molecule has 0 aliphatic rings. The molecule has 4 aromatic rings. The molecule has 32 heavy (non-hydrogen) atoms. The Hall–Kier alpha value is -4.00. The van der Waals surface area contributed by atoms with Crippen LogP contribution in [0.1, 0.15) is 5.56 Å². The smallest absolute Gasteiger partial charge is 0.232 e. The van der Waals surface area contributed by atoms with Crippen LogP contribution in [0, 0.1) is 5.82 Å². The van der Waals surface area contributed by atoms with Gasteiger partial charge in [-0.15, -0.1) is 0 Å². The minimum absolute atomic E-state index is 0.0841. The van der Waals surface area contributed by atoms with E-state index in [0.29, 0.717) is 11.5 Å². The van der Waals surface area contributed by atoms with Crippen molar-refractivity contribution in [1.29, 1.82) is 0 Å². The summed E-state index contributed by atoms with van der Waals surface area (Å²) < 4.78 is 20.4. The highest BCUT2D eigenvalue weighted by Gasteiger charge is 2.25. The molecule has 2 aromatic carbocycles. The summed E-state index contributed by atoms with van der Waals surface area (Å²) in [5.74, 6) is 0.987. The van der Waals surface area contributed by atoms with Gasteiger partial charge in [0.2, 0.25) is 5.91 Å². The Kier molecular flexibility index (Phi) is 5.98. The van der Waals surface area contributed by atoms with E-state index in [1.807, 2.05) is 36.4 Å². The first-order chi connectivity index (χ1) is 15.5. The second-order valence-electron chi connectivity index (χ2n) is 7.39. The summed E-state index contributed by atoms with van der Waals surface area (Å²) in [4.78, 5) is 18.9. The van der Waals surface area contributed by atoms with Gasteiger partial charge in [0.1, 0.15) is 23.1 Å². The fourth-order valence-electron chi connectivity index (χ4n) is 3.65. The highest BCUT2D eigenvalue weighted by Crippen LogP contribution is 2.39. The molecular weight excluding hydrogens is 407 g/mol. The lowest BCUT2D eigenvalue weighted by molar-refractivity contribution is -0.117. The largest absolute Gasteiger partial charge is 0.497 e. The van der Waals surface area contributed by atoms with Crippen molar-refractivity contribution in [2.75, 3.05) is 19.1 Å². The van der Waals surface area contributed by atoms with Gasteiger partial charge in [0.15, 0.2) is 0 Å². The van der Waals surface area contributed by atoms with Gasteiger partial charge in [-0.1, -0.05) is 12.1 Å². The molecule has 7 heteroatoms. The lowest BCUT2D eigenvalue weighted by Gasteiger charge is -2.20. The molecule has 0 aliphatic carbocycles. The third-order valence-electron chi connectivity index (χ3n) is 5.31. The number of anilines is 1. The minimum Gasteiger partial charge on any atom is -0.497 e. The van der Waals surface area contributed by atoms with Crippen molar-refractivity contribution >= 4 is 11.7 Å². The Morgan fingerprint density at radius 3 is 2.28 bits per heavy atom. The average molecular weight is 430 g/mol. The van der Waals surface area contributed by atoms with E-state index in [4.69, 9.17) is 4.74 Å². The third-order valence-corrected chi connectivity index (χ3v) is 5.31. The molecule has 0 N–H and O–H groups in total. The molecule has 0 fully saturated rings. The summed E-state index contributed by atoms with van der Waals surface area (Å²) in [6.45, 7) is 0. The van der Waals surface area contributed by atoms with Crippen molar-refractivity contribution in [2.45, 2.75) is 6.42 Å². The monoisotopic (exact) mass is 430 g/mol. The van der Waals surface area contributed by atoms with E-state index in [1.165, 1.54) is 12.1 Å². The van der Waals surface area contributed by atoms with Gasteiger partial charge in [-0.2, -0.15) is 5.10 Å². The van der Waals surface area contributed by atoms with Gasteiger partial charge < -0.3 is 4.74 Å². The summed E-state index contributed by atoms with van der Waals surface area (Å²) in [5, 5.41) is 4.68. The fourth-order valence-corrected chi connectivity index (χ4v) is 3.65. The Morgan fingerprint density at radius 2 is 1.66 bits per heavy atom. The Balaban J connectivity index is 1.75. The van der Waals surface area contributed by atoms with Crippen LogP contribution in [0.5, 0.6) is 5.75 Å². The third kappa shape index (κ3) is 4.23. The van der Waals surface area contributed by atoms with Crippen LogP contribution in [0.25, 0.3) is 22.4 Å². The minimum atomic E-state index is -0.317. The van der Waals surface area contributed by atoms with E-state index in [9.17, 15) is 9.18 Å². The van der Waals surface area contributed by atoms with Crippen LogP contribution in [0.3, 0.4) is 0 Å². The van der Waals surface area contributed by atoms with Crippen LogP contribution in [-0.2, 0) is 18.3 Å². The van der Waals surface area contributed by atoms with Crippen molar-refractivity contribution in [3.63, 3.8) is 0 Å². The number of hydrogen-bond acceptors (Lipinski definition) is 4. The number of methoxy groups -OCH3 is 1. The van der Waals surface area contributed by atoms with Crippen LogP contribution in [-0.4, -0.2) is 34.8 Å². The molecule has 1 amide bonds.